The third-order valence-electron chi connectivity index (χ3n) is 5.07. The fourth-order valence-corrected chi connectivity index (χ4v) is 3.76. The van der Waals surface area contributed by atoms with Gasteiger partial charge in [-0.05, 0) is 50.3 Å². The number of carbonyl (C=O) groups excluding carboxylic acids is 1. The third kappa shape index (κ3) is 2.90. The molecule has 2 unspecified atom stereocenters. The molecule has 25 heavy (non-hydrogen) atoms. The van der Waals surface area contributed by atoms with Gasteiger partial charge in [0.2, 0.25) is 0 Å². The Morgan fingerprint density at radius 1 is 1.32 bits per heavy atom. The molecule has 7 nitrogen and oxygen atoms in total. The van der Waals surface area contributed by atoms with Crippen molar-refractivity contribution >= 4 is 16.8 Å². The second-order valence-corrected chi connectivity index (χ2v) is 6.98. The third-order valence-corrected chi connectivity index (χ3v) is 5.07. The summed E-state index contributed by atoms with van der Waals surface area (Å²) in [6.07, 6.45) is 5.04. The smallest absolute Gasteiger partial charge is 0.251 e. The SMILES string of the molecule is CC(C)n1ccc2ccc(C(=O)NC3CCCC3c3nn[nH]n3)cc21. The van der Waals surface area contributed by atoms with E-state index in [4.69, 9.17) is 0 Å². The van der Waals surface area contributed by atoms with E-state index in [1.165, 1.54) is 0 Å². The van der Waals surface area contributed by atoms with E-state index in [-0.39, 0.29) is 17.9 Å². The standard InChI is InChI=1S/C18H22N6O/c1-11(2)24-9-8-12-6-7-13(10-16(12)24)18(25)19-15-5-3-4-14(15)17-20-22-23-21-17/h6-11,14-15H,3-5H2,1-2H3,(H,19,25)(H,20,21,22,23). The van der Waals surface area contributed by atoms with Crippen molar-refractivity contribution in [1.29, 1.82) is 0 Å². The van der Waals surface area contributed by atoms with Crippen LogP contribution >= 0.6 is 0 Å². The molecule has 1 saturated carbocycles. The summed E-state index contributed by atoms with van der Waals surface area (Å²) in [5, 5.41) is 18.6. The predicted molar refractivity (Wildman–Crippen MR) is 94.3 cm³/mol. The van der Waals surface area contributed by atoms with Crippen molar-refractivity contribution < 1.29 is 4.79 Å². The second kappa shape index (κ2) is 6.31. The first-order chi connectivity index (χ1) is 12.1. The van der Waals surface area contributed by atoms with E-state index in [1.54, 1.807) is 0 Å². The Morgan fingerprint density at radius 2 is 2.20 bits per heavy atom. The van der Waals surface area contributed by atoms with E-state index in [0.717, 1.165) is 30.2 Å². The summed E-state index contributed by atoms with van der Waals surface area (Å²) in [7, 11) is 0. The second-order valence-electron chi connectivity index (χ2n) is 6.98. The van der Waals surface area contributed by atoms with Crippen LogP contribution in [0.3, 0.4) is 0 Å². The number of rotatable bonds is 4. The Hall–Kier alpha value is -2.70. The van der Waals surface area contributed by atoms with Gasteiger partial charge in [0, 0.05) is 35.3 Å². The average molecular weight is 338 g/mol. The van der Waals surface area contributed by atoms with Crippen LogP contribution in [-0.4, -0.2) is 37.1 Å². The average Bonchev–Trinajstić information content (AvgIpc) is 3.33. The maximum Gasteiger partial charge on any atom is 0.251 e. The summed E-state index contributed by atoms with van der Waals surface area (Å²) in [6.45, 7) is 4.28. The number of carbonyl (C=O) groups is 1. The molecule has 7 heteroatoms. The van der Waals surface area contributed by atoms with Gasteiger partial charge in [-0.1, -0.05) is 17.7 Å². The summed E-state index contributed by atoms with van der Waals surface area (Å²) in [6, 6.07) is 8.36. The van der Waals surface area contributed by atoms with Crippen LogP contribution in [0.1, 0.15) is 61.3 Å². The fourth-order valence-electron chi connectivity index (χ4n) is 3.76. The summed E-state index contributed by atoms with van der Waals surface area (Å²) in [5.41, 5.74) is 1.77. The highest BCUT2D eigenvalue weighted by Gasteiger charge is 2.32. The van der Waals surface area contributed by atoms with Gasteiger partial charge in [0.25, 0.3) is 5.91 Å². The minimum Gasteiger partial charge on any atom is -0.349 e. The number of benzene rings is 1. The number of hydrogen-bond donors (Lipinski definition) is 2. The molecular weight excluding hydrogens is 316 g/mol. The number of fused-ring (bicyclic) bond motifs is 1. The molecule has 1 aromatic carbocycles. The Labute approximate surface area is 145 Å². The van der Waals surface area contributed by atoms with Crippen molar-refractivity contribution in [2.24, 2.45) is 0 Å². The zero-order chi connectivity index (χ0) is 17.4. The van der Waals surface area contributed by atoms with Crippen LogP contribution in [0.25, 0.3) is 10.9 Å². The maximum absolute atomic E-state index is 12.8. The van der Waals surface area contributed by atoms with Crippen molar-refractivity contribution in [3.05, 3.63) is 41.9 Å². The summed E-state index contributed by atoms with van der Waals surface area (Å²) >= 11 is 0. The van der Waals surface area contributed by atoms with Crippen LogP contribution in [0.15, 0.2) is 30.5 Å². The Balaban J connectivity index is 1.56. The van der Waals surface area contributed by atoms with Crippen molar-refractivity contribution in [2.75, 3.05) is 0 Å². The Kier molecular flexibility index (Phi) is 3.99. The van der Waals surface area contributed by atoms with Crippen LogP contribution < -0.4 is 5.32 Å². The number of nitrogens with one attached hydrogen (secondary N) is 2. The van der Waals surface area contributed by atoms with Gasteiger partial charge in [0.05, 0.1) is 0 Å². The molecule has 2 atom stereocenters. The summed E-state index contributed by atoms with van der Waals surface area (Å²) in [4.78, 5) is 12.8. The lowest BCUT2D eigenvalue weighted by Gasteiger charge is -2.18. The van der Waals surface area contributed by atoms with Crippen molar-refractivity contribution in [1.82, 2.24) is 30.5 Å². The fraction of sp³-hybridized carbons (Fsp3) is 0.444. The molecule has 0 radical (unpaired) electrons. The van der Waals surface area contributed by atoms with E-state index in [1.807, 2.05) is 18.2 Å². The van der Waals surface area contributed by atoms with Crippen molar-refractivity contribution in [3.63, 3.8) is 0 Å². The molecule has 2 N–H and O–H groups in total. The molecule has 0 spiro atoms. The van der Waals surface area contributed by atoms with Gasteiger partial charge in [-0.15, -0.1) is 10.2 Å². The first kappa shape index (κ1) is 15.8. The molecule has 1 amide bonds. The number of aromatic nitrogens is 5. The molecule has 1 fully saturated rings. The number of amides is 1. The minimum atomic E-state index is -0.0428. The predicted octanol–water partition coefficient (Wildman–Crippen LogP) is 2.80. The zero-order valence-electron chi connectivity index (χ0n) is 14.4. The molecule has 1 aliphatic carbocycles. The molecule has 3 aromatic rings. The van der Waals surface area contributed by atoms with E-state index in [0.29, 0.717) is 17.4 Å². The maximum atomic E-state index is 12.8. The molecule has 2 heterocycles. The highest BCUT2D eigenvalue weighted by molar-refractivity contribution is 5.98. The van der Waals surface area contributed by atoms with Crippen molar-refractivity contribution in [2.45, 2.75) is 51.1 Å². The number of nitrogens with zero attached hydrogens (tertiary/aromatic N) is 4. The monoisotopic (exact) mass is 338 g/mol. The van der Waals surface area contributed by atoms with Crippen molar-refractivity contribution in [3.8, 4) is 0 Å². The van der Waals surface area contributed by atoms with E-state index in [9.17, 15) is 4.79 Å². The molecule has 130 valence electrons. The number of aromatic amines is 1. The molecule has 4 rings (SSSR count). The lowest BCUT2D eigenvalue weighted by atomic mass is 10.0. The lowest BCUT2D eigenvalue weighted by Crippen LogP contribution is -2.36. The highest BCUT2D eigenvalue weighted by Crippen LogP contribution is 2.32. The molecule has 1 aliphatic rings. The van der Waals surface area contributed by atoms with Crippen LogP contribution in [-0.2, 0) is 0 Å². The van der Waals surface area contributed by atoms with Gasteiger partial charge in [-0.2, -0.15) is 5.21 Å². The van der Waals surface area contributed by atoms with Crippen LogP contribution in [0.5, 0.6) is 0 Å². The van der Waals surface area contributed by atoms with Gasteiger partial charge in [0.15, 0.2) is 5.82 Å². The first-order valence-electron chi connectivity index (χ1n) is 8.78. The number of hydrogen-bond acceptors (Lipinski definition) is 4. The number of tetrazole rings is 1. The van der Waals surface area contributed by atoms with Crippen LogP contribution in [0, 0.1) is 0 Å². The minimum absolute atomic E-state index is 0.0428. The van der Waals surface area contributed by atoms with Crippen LogP contribution in [0.2, 0.25) is 0 Å². The normalized spacial score (nSPS) is 20.4. The highest BCUT2D eigenvalue weighted by atomic mass is 16.1. The Bertz CT molecular complexity index is 882. The summed E-state index contributed by atoms with van der Waals surface area (Å²) in [5.74, 6) is 0.775. The van der Waals surface area contributed by atoms with Gasteiger partial charge in [-0.25, -0.2) is 0 Å². The van der Waals surface area contributed by atoms with E-state index < -0.39 is 0 Å². The molecular formula is C18H22N6O. The lowest BCUT2D eigenvalue weighted by molar-refractivity contribution is 0.0934. The molecule has 0 aliphatic heterocycles. The summed E-state index contributed by atoms with van der Waals surface area (Å²) < 4.78 is 2.18. The van der Waals surface area contributed by atoms with E-state index in [2.05, 4.69) is 56.6 Å². The number of H-pyrrole nitrogens is 1. The zero-order valence-corrected chi connectivity index (χ0v) is 14.4. The molecule has 0 saturated heterocycles. The van der Waals surface area contributed by atoms with E-state index >= 15 is 0 Å². The first-order valence-corrected chi connectivity index (χ1v) is 8.78. The molecule has 0 bridgehead atoms. The van der Waals surface area contributed by atoms with Gasteiger partial charge >= 0.3 is 0 Å². The largest absolute Gasteiger partial charge is 0.349 e. The topological polar surface area (TPSA) is 88.5 Å². The quantitative estimate of drug-likeness (QED) is 0.765. The van der Waals surface area contributed by atoms with Gasteiger partial charge in [0.1, 0.15) is 0 Å². The molecule has 2 aromatic heterocycles. The van der Waals surface area contributed by atoms with Crippen LogP contribution in [0.4, 0.5) is 0 Å². The van der Waals surface area contributed by atoms with Gasteiger partial charge < -0.3 is 9.88 Å². The Morgan fingerprint density at radius 3 is 2.96 bits per heavy atom. The van der Waals surface area contributed by atoms with Gasteiger partial charge in [-0.3, -0.25) is 4.79 Å².